The molecule has 2 aromatic heterocycles. The van der Waals surface area contributed by atoms with Crippen LogP contribution in [0.2, 0.25) is 0 Å². The summed E-state index contributed by atoms with van der Waals surface area (Å²) in [6.45, 7) is 4.00. The van der Waals surface area contributed by atoms with Crippen LogP contribution in [0.25, 0.3) is 78.6 Å². The molecule has 48 heavy (non-hydrogen) atoms. The highest BCUT2D eigenvalue weighted by Crippen LogP contribution is 2.36. The fourth-order valence-corrected chi connectivity index (χ4v) is 6.16. The van der Waals surface area contributed by atoms with Crippen LogP contribution in [0, 0.1) is 13.8 Å². The van der Waals surface area contributed by atoms with Crippen molar-refractivity contribution >= 4 is 10.8 Å². The molecule has 5 nitrogen and oxygen atoms in total. The van der Waals surface area contributed by atoms with E-state index in [4.69, 9.17) is 15.0 Å². The van der Waals surface area contributed by atoms with E-state index in [1.165, 1.54) is 10.8 Å². The quantitative estimate of drug-likeness (QED) is 0.186. The predicted octanol–water partition coefficient (Wildman–Crippen LogP) is 10.4. The minimum atomic E-state index is 0.617. The van der Waals surface area contributed by atoms with Crippen LogP contribution in [0.3, 0.4) is 0 Å². The molecule has 0 bridgehead atoms. The van der Waals surface area contributed by atoms with Gasteiger partial charge in [0.2, 0.25) is 0 Å². The summed E-state index contributed by atoms with van der Waals surface area (Å²) in [6.07, 6.45) is 0. The molecule has 0 aliphatic heterocycles. The molecule has 8 aromatic rings. The van der Waals surface area contributed by atoms with E-state index in [0.29, 0.717) is 17.5 Å². The van der Waals surface area contributed by atoms with Crippen LogP contribution in [-0.2, 0) is 0 Å². The summed E-state index contributed by atoms with van der Waals surface area (Å²) in [5.74, 6) is 2.62. The molecular weight excluding hydrogens is 587 g/mol. The molecule has 0 saturated carbocycles. The lowest BCUT2D eigenvalue weighted by molar-refractivity contribution is 1.06. The lowest BCUT2D eigenvalue weighted by Gasteiger charge is -2.14. The Hall–Kier alpha value is -6.33. The molecule has 0 aliphatic carbocycles. The van der Waals surface area contributed by atoms with Crippen molar-refractivity contribution in [1.82, 2.24) is 24.9 Å². The molecule has 0 spiro atoms. The maximum Gasteiger partial charge on any atom is 0.164 e. The smallest absolute Gasteiger partial charge is 0.164 e. The number of benzene rings is 6. The van der Waals surface area contributed by atoms with Crippen molar-refractivity contribution in [3.05, 3.63) is 163 Å². The number of aromatic nitrogens is 5. The van der Waals surface area contributed by atoms with Crippen LogP contribution in [-0.4, -0.2) is 24.9 Å². The predicted molar refractivity (Wildman–Crippen MR) is 195 cm³/mol. The van der Waals surface area contributed by atoms with Gasteiger partial charge in [-0.05, 0) is 71.1 Å². The van der Waals surface area contributed by atoms with Crippen LogP contribution in [0.4, 0.5) is 0 Å². The Morgan fingerprint density at radius 2 is 0.771 bits per heavy atom. The van der Waals surface area contributed by atoms with E-state index in [0.717, 1.165) is 61.7 Å². The van der Waals surface area contributed by atoms with Crippen LogP contribution < -0.4 is 0 Å². The van der Waals surface area contributed by atoms with Gasteiger partial charge in [-0.2, -0.15) is 0 Å². The molecular formula is C43H31N5. The summed E-state index contributed by atoms with van der Waals surface area (Å²) in [5, 5.41) is 2.38. The maximum atomic E-state index is 5.06. The van der Waals surface area contributed by atoms with Gasteiger partial charge in [0, 0.05) is 33.6 Å². The molecule has 8 rings (SSSR count). The Morgan fingerprint density at radius 3 is 1.42 bits per heavy atom. The Morgan fingerprint density at radius 1 is 0.312 bits per heavy atom. The molecule has 0 aliphatic rings. The largest absolute Gasteiger partial charge is 0.233 e. The van der Waals surface area contributed by atoms with Crippen LogP contribution in [0.5, 0.6) is 0 Å². The third-order valence-corrected chi connectivity index (χ3v) is 8.45. The van der Waals surface area contributed by atoms with Gasteiger partial charge in [-0.25, -0.2) is 24.9 Å². The van der Waals surface area contributed by atoms with E-state index in [1.807, 2.05) is 80.6 Å². The number of hydrogen-bond acceptors (Lipinski definition) is 5. The second-order valence-corrected chi connectivity index (χ2v) is 11.9. The van der Waals surface area contributed by atoms with E-state index < -0.39 is 0 Å². The first-order valence-corrected chi connectivity index (χ1v) is 16.0. The highest BCUT2D eigenvalue weighted by Gasteiger charge is 2.16. The normalized spacial score (nSPS) is 11.1. The van der Waals surface area contributed by atoms with Crippen LogP contribution >= 0.6 is 0 Å². The number of fused-ring (bicyclic) bond motifs is 1. The minimum Gasteiger partial charge on any atom is -0.233 e. The topological polar surface area (TPSA) is 64.5 Å². The summed E-state index contributed by atoms with van der Waals surface area (Å²) in [4.78, 5) is 24.4. The lowest BCUT2D eigenvalue weighted by Crippen LogP contribution is -2.00. The molecule has 0 amide bonds. The van der Waals surface area contributed by atoms with E-state index in [-0.39, 0.29) is 0 Å². The summed E-state index contributed by atoms with van der Waals surface area (Å²) >= 11 is 0. The standard InChI is InChI=1S/C43H31N5/c1-28-24-29(2)45-40(44-28)34-22-20-30(21-23-34)35-25-36(39-19-11-17-31-12-9-10-18-38(31)39)27-37(26-35)43-47-41(32-13-5-3-6-14-32)46-42(48-43)33-15-7-4-8-16-33/h3-27H,1-2H3. The highest BCUT2D eigenvalue weighted by molar-refractivity contribution is 5.98. The van der Waals surface area contributed by atoms with Gasteiger partial charge in [0.15, 0.2) is 23.3 Å². The van der Waals surface area contributed by atoms with Crippen molar-refractivity contribution in [3.63, 3.8) is 0 Å². The molecule has 0 radical (unpaired) electrons. The molecule has 0 atom stereocenters. The third kappa shape index (κ3) is 5.85. The average molecular weight is 618 g/mol. The Kier molecular flexibility index (Phi) is 7.55. The minimum absolute atomic E-state index is 0.617. The molecule has 2 heterocycles. The lowest BCUT2D eigenvalue weighted by atomic mass is 9.92. The van der Waals surface area contributed by atoms with Crippen molar-refractivity contribution in [2.24, 2.45) is 0 Å². The fraction of sp³-hybridized carbons (Fsp3) is 0.0465. The van der Waals surface area contributed by atoms with Gasteiger partial charge in [0.05, 0.1) is 0 Å². The molecule has 6 aromatic carbocycles. The first-order chi connectivity index (χ1) is 23.6. The van der Waals surface area contributed by atoms with Gasteiger partial charge < -0.3 is 0 Å². The highest BCUT2D eigenvalue weighted by atomic mass is 15.0. The number of hydrogen-bond donors (Lipinski definition) is 0. The van der Waals surface area contributed by atoms with Gasteiger partial charge in [0.25, 0.3) is 0 Å². The zero-order valence-electron chi connectivity index (χ0n) is 26.7. The second-order valence-electron chi connectivity index (χ2n) is 11.9. The van der Waals surface area contributed by atoms with Crippen molar-refractivity contribution < 1.29 is 0 Å². The average Bonchev–Trinajstić information content (AvgIpc) is 3.14. The molecule has 0 fully saturated rings. The van der Waals surface area contributed by atoms with E-state index in [9.17, 15) is 0 Å². The first-order valence-electron chi connectivity index (χ1n) is 16.0. The van der Waals surface area contributed by atoms with Crippen molar-refractivity contribution in [2.75, 3.05) is 0 Å². The molecule has 0 saturated heterocycles. The van der Waals surface area contributed by atoms with Gasteiger partial charge in [-0.1, -0.05) is 127 Å². The number of rotatable bonds is 6. The number of aryl methyl sites for hydroxylation is 2. The molecule has 0 unspecified atom stereocenters. The Labute approximate surface area is 279 Å². The van der Waals surface area contributed by atoms with Crippen LogP contribution in [0.15, 0.2) is 152 Å². The number of nitrogens with zero attached hydrogens (tertiary/aromatic N) is 5. The fourth-order valence-electron chi connectivity index (χ4n) is 6.16. The third-order valence-electron chi connectivity index (χ3n) is 8.45. The Balaban J connectivity index is 1.33. The first kappa shape index (κ1) is 29.1. The van der Waals surface area contributed by atoms with E-state index >= 15 is 0 Å². The zero-order chi connectivity index (χ0) is 32.5. The summed E-state index contributed by atoms with van der Waals surface area (Å²) in [6, 6.07) is 52.2. The zero-order valence-corrected chi connectivity index (χ0v) is 26.7. The molecule has 228 valence electrons. The summed E-state index contributed by atoms with van der Waals surface area (Å²) < 4.78 is 0. The summed E-state index contributed by atoms with van der Waals surface area (Å²) in [7, 11) is 0. The molecule has 0 N–H and O–H groups in total. The maximum absolute atomic E-state index is 5.06. The SMILES string of the molecule is Cc1cc(C)nc(-c2ccc(-c3cc(-c4nc(-c5ccccc5)nc(-c5ccccc5)n4)cc(-c4cccc5ccccc45)c3)cc2)n1. The van der Waals surface area contributed by atoms with Crippen molar-refractivity contribution in [1.29, 1.82) is 0 Å². The summed E-state index contributed by atoms with van der Waals surface area (Å²) in [5.41, 5.74) is 10.1. The Bertz CT molecular complexity index is 2320. The molecule has 5 heteroatoms. The van der Waals surface area contributed by atoms with Gasteiger partial charge in [-0.3, -0.25) is 0 Å². The van der Waals surface area contributed by atoms with Crippen molar-refractivity contribution in [2.45, 2.75) is 13.8 Å². The van der Waals surface area contributed by atoms with Gasteiger partial charge in [0.1, 0.15) is 0 Å². The van der Waals surface area contributed by atoms with Gasteiger partial charge in [-0.15, -0.1) is 0 Å². The monoisotopic (exact) mass is 617 g/mol. The van der Waals surface area contributed by atoms with Gasteiger partial charge >= 0.3 is 0 Å². The van der Waals surface area contributed by atoms with Crippen LogP contribution in [0.1, 0.15) is 11.4 Å². The van der Waals surface area contributed by atoms with E-state index in [2.05, 4.69) is 94.9 Å². The second kappa shape index (κ2) is 12.5. The van der Waals surface area contributed by atoms with Crippen molar-refractivity contribution in [3.8, 4) is 67.8 Å². The van der Waals surface area contributed by atoms with E-state index in [1.54, 1.807) is 0 Å².